The number of aromatic nitrogens is 3. The lowest BCUT2D eigenvalue weighted by molar-refractivity contribution is 0.0913. The highest BCUT2D eigenvalue weighted by molar-refractivity contribution is 7.11. The number of aliphatic hydroxyl groups is 1. The molecule has 1 fully saturated rings. The molecule has 1 aliphatic carbocycles. The van der Waals surface area contributed by atoms with Gasteiger partial charge in [0, 0.05) is 24.5 Å². The summed E-state index contributed by atoms with van der Waals surface area (Å²) in [6, 6.07) is 11.4. The quantitative estimate of drug-likeness (QED) is 0.564. The molecule has 7 heteroatoms. The molecule has 1 aromatic carbocycles. The van der Waals surface area contributed by atoms with E-state index in [1.54, 1.807) is 13.0 Å². The van der Waals surface area contributed by atoms with Crippen molar-refractivity contribution in [3.63, 3.8) is 0 Å². The zero-order chi connectivity index (χ0) is 19.5. The highest BCUT2D eigenvalue weighted by Crippen LogP contribution is 2.39. The topological polar surface area (TPSA) is 89.1 Å². The van der Waals surface area contributed by atoms with Gasteiger partial charge in [-0.15, -0.1) is 10.2 Å². The highest BCUT2D eigenvalue weighted by atomic mass is 32.1. The van der Waals surface area contributed by atoms with Crippen molar-refractivity contribution in [2.75, 3.05) is 0 Å². The first-order chi connectivity index (χ1) is 13.6. The van der Waals surface area contributed by atoms with Crippen molar-refractivity contribution in [2.45, 2.75) is 45.1 Å². The van der Waals surface area contributed by atoms with Crippen molar-refractivity contribution in [3.05, 3.63) is 52.2 Å². The number of aliphatic hydroxyl groups excluding tert-OH is 1. The van der Waals surface area contributed by atoms with Gasteiger partial charge in [-0.2, -0.15) is 0 Å². The van der Waals surface area contributed by atoms with Gasteiger partial charge in [0.1, 0.15) is 21.8 Å². The van der Waals surface area contributed by atoms with Crippen LogP contribution in [-0.2, 0) is 6.42 Å². The molecule has 3 aromatic rings. The molecule has 0 radical (unpaired) electrons. The molecule has 1 N–H and O–H groups in total. The van der Waals surface area contributed by atoms with Crippen LogP contribution in [0.5, 0.6) is 0 Å². The second kappa shape index (κ2) is 8.32. The Morgan fingerprint density at radius 2 is 2.04 bits per heavy atom. The molecule has 4 rings (SSSR count). The number of benzene rings is 1. The molecule has 6 nitrogen and oxygen atoms in total. The smallest absolute Gasteiger partial charge is 0.203 e. The van der Waals surface area contributed by atoms with Crippen LogP contribution in [0.2, 0.25) is 0 Å². The molecular weight excluding hydrogens is 374 g/mol. The minimum absolute atomic E-state index is 0.0174. The Morgan fingerprint density at radius 3 is 2.75 bits per heavy atom. The largest absolute Gasteiger partial charge is 0.386 e. The lowest BCUT2D eigenvalue weighted by Gasteiger charge is -2.34. The van der Waals surface area contributed by atoms with Crippen LogP contribution in [-0.4, -0.2) is 26.2 Å². The summed E-state index contributed by atoms with van der Waals surface area (Å²) in [4.78, 5) is 12.4. The van der Waals surface area contributed by atoms with Gasteiger partial charge in [0.2, 0.25) is 11.5 Å². The molecule has 28 heavy (non-hydrogen) atoms. The Bertz CT molecular complexity index is 929. The van der Waals surface area contributed by atoms with E-state index in [9.17, 15) is 9.90 Å². The van der Waals surface area contributed by atoms with E-state index in [2.05, 4.69) is 15.4 Å². The molecule has 2 heterocycles. The van der Waals surface area contributed by atoms with Crippen LogP contribution < -0.4 is 0 Å². The normalized spacial score (nSPS) is 19.9. The Balaban J connectivity index is 1.22. The van der Waals surface area contributed by atoms with Crippen LogP contribution in [0.3, 0.4) is 0 Å². The SMILES string of the molecule is C[C@@H](O)c1nnc(CC2CC(CCC(=O)c3cc(-c4ccccc4)no3)C2)s1. The third-order valence-corrected chi connectivity index (χ3v) is 6.39. The molecule has 2 aromatic heterocycles. The van der Waals surface area contributed by atoms with Crippen LogP contribution in [0.25, 0.3) is 11.3 Å². The first kappa shape index (κ1) is 19.0. The van der Waals surface area contributed by atoms with Crippen molar-refractivity contribution in [2.24, 2.45) is 11.8 Å². The zero-order valence-electron chi connectivity index (χ0n) is 15.7. The summed E-state index contributed by atoms with van der Waals surface area (Å²) >= 11 is 1.49. The van der Waals surface area contributed by atoms with Gasteiger partial charge in [0.05, 0.1) is 0 Å². The maximum atomic E-state index is 12.4. The maximum absolute atomic E-state index is 12.4. The van der Waals surface area contributed by atoms with Gasteiger partial charge in [-0.25, -0.2) is 0 Å². The van der Waals surface area contributed by atoms with E-state index in [0.29, 0.717) is 34.7 Å². The number of carbonyl (C=O) groups excluding carboxylic acids is 1. The predicted octanol–water partition coefficient (Wildman–Crippen LogP) is 4.48. The monoisotopic (exact) mass is 397 g/mol. The number of nitrogens with zero attached hydrogens (tertiary/aromatic N) is 3. The Kier molecular flexibility index (Phi) is 5.64. The lowest BCUT2D eigenvalue weighted by Crippen LogP contribution is -2.26. The second-order valence-corrected chi connectivity index (χ2v) is 8.62. The molecule has 146 valence electrons. The van der Waals surface area contributed by atoms with E-state index in [1.807, 2.05) is 30.3 Å². The van der Waals surface area contributed by atoms with Crippen LogP contribution >= 0.6 is 11.3 Å². The van der Waals surface area contributed by atoms with E-state index >= 15 is 0 Å². The molecule has 0 amide bonds. The lowest BCUT2D eigenvalue weighted by atomic mass is 9.71. The molecule has 0 saturated heterocycles. The van der Waals surface area contributed by atoms with E-state index in [0.717, 1.165) is 36.3 Å². The molecule has 1 aliphatic rings. The third kappa shape index (κ3) is 4.36. The molecule has 1 saturated carbocycles. The number of Topliss-reactive ketones (excluding diaryl/α,β-unsaturated/α-hetero) is 1. The summed E-state index contributed by atoms with van der Waals surface area (Å²) in [5.74, 6) is 1.54. The van der Waals surface area contributed by atoms with Crippen LogP contribution in [0.15, 0.2) is 40.9 Å². The summed E-state index contributed by atoms with van der Waals surface area (Å²) < 4.78 is 5.25. The van der Waals surface area contributed by atoms with Crippen molar-refractivity contribution in [1.29, 1.82) is 0 Å². The highest BCUT2D eigenvalue weighted by Gasteiger charge is 2.30. The number of hydrogen-bond donors (Lipinski definition) is 1. The van der Waals surface area contributed by atoms with Gasteiger partial charge >= 0.3 is 0 Å². The summed E-state index contributed by atoms with van der Waals surface area (Å²) in [6.07, 6.45) is 3.96. The van der Waals surface area contributed by atoms with Gasteiger partial charge in [-0.1, -0.05) is 46.8 Å². The minimum atomic E-state index is -0.551. The fourth-order valence-electron chi connectivity index (χ4n) is 3.65. The minimum Gasteiger partial charge on any atom is -0.386 e. The van der Waals surface area contributed by atoms with Crippen molar-refractivity contribution >= 4 is 17.1 Å². The number of carbonyl (C=O) groups is 1. The average molecular weight is 398 g/mol. The Hall–Kier alpha value is -2.38. The zero-order valence-corrected chi connectivity index (χ0v) is 16.6. The van der Waals surface area contributed by atoms with E-state index in [1.165, 1.54) is 11.3 Å². The molecule has 0 aliphatic heterocycles. The van der Waals surface area contributed by atoms with Crippen LogP contribution in [0, 0.1) is 11.8 Å². The summed E-state index contributed by atoms with van der Waals surface area (Å²) in [7, 11) is 0. The van der Waals surface area contributed by atoms with Crippen molar-refractivity contribution < 1.29 is 14.4 Å². The van der Waals surface area contributed by atoms with E-state index in [4.69, 9.17) is 4.52 Å². The first-order valence-corrected chi connectivity index (χ1v) is 10.5. The number of hydrogen-bond acceptors (Lipinski definition) is 7. The van der Waals surface area contributed by atoms with Crippen LogP contribution in [0.4, 0.5) is 0 Å². The summed E-state index contributed by atoms with van der Waals surface area (Å²) in [5, 5.41) is 23.4. The van der Waals surface area contributed by atoms with Gasteiger partial charge in [-0.3, -0.25) is 4.79 Å². The predicted molar refractivity (Wildman–Crippen MR) is 106 cm³/mol. The second-order valence-electron chi connectivity index (χ2n) is 7.52. The Labute approximate surface area is 167 Å². The van der Waals surface area contributed by atoms with Gasteiger partial charge in [0.15, 0.2) is 0 Å². The fourth-order valence-corrected chi connectivity index (χ4v) is 4.55. The molecule has 0 spiro atoms. The van der Waals surface area contributed by atoms with Crippen molar-refractivity contribution in [1.82, 2.24) is 15.4 Å². The Morgan fingerprint density at radius 1 is 1.25 bits per heavy atom. The maximum Gasteiger partial charge on any atom is 0.203 e. The van der Waals surface area contributed by atoms with Crippen molar-refractivity contribution in [3.8, 4) is 11.3 Å². The number of rotatable bonds is 8. The standard InChI is InChI=1S/C21H23N3O3S/c1-13(25)21-23-22-20(28-21)11-15-9-14(10-15)7-8-18(26)19-12-17(24-27-19)16-5-3-2-4-6-16/h2-6,12-15,25H,7-11H2,1H3/t13-,14?,15?/m1/s1. The fraction of sp³-hybridized carbons (Fsp3) is 0.429. The average Bonchev–Trinajstić information content (AvgIpc) is 3.33. The van der Waals surface area contributed by atoms with Crippen LogP contribution in [0.1, 0.15) is 59.3 Å². The third-order valence-electron chi connectivity index (χ3n) is 5.27. The van der Waals surface area contributed by atoms with Gasteiger partial charge < -0.3 is 9.63 Å². The molecular formula is C21H23N3O3S. The molecule has 0 unspecified atom stereocenters. The summed E-state index contributed by atoms with van der Waals surface area (Å²) in [6.45, 7) is 1.71. The number of ketones is 1. The molecule has 0 bridgehead atoms. The summed E-state index contributed by atoms with van der Waals surface area (Å²) in [5.41, 5.74) is 1.64. The first-order valence-electron chi connectivity index (χ1n) is 9.64. The van der Waals surface area contributed by atoms with E-state index < -0.39 is 6.10 Å². The van der Waals surface area contributed by atoms with Gasteiger partial charge in [-0.05, 0) is 38.0 Å². The van der Waals surface area contributed by atoms with Gasteiger partial charge in [0.25, 0.3) is 0 Å². The molecule has 1 atom stereocenters. The van der Waals surface area contributed by atoms with E-state index in [-0.39, 0.29) is 5.78 Å².